The predicted octanol–water partition coefficient (Wildman–Crippen LogP) is 1.32. The number of ether oxygens (including phenoxy) is 1. The minimum absolute atomic E-state index is 0.0485. The van der Waals surface area contributed by atoms with Gasteiger partial charge >= 0.3 is 0 Å². The fourth-order valence-electron chi connectivity index (χ4n) is 1.58. The van der Waals surface area contributed by atoms with Gasteiger partial charge in [0.1, 0.15) is 0 Å². The molecule has 0 bridgehead atoms. The van der Waals surface area contributed by atoms with E-state index in [-0.39, 0.29) is 16.5 Å². The van der Waals surface area contributed by atoms with E-state index in [0.29, 0.717) is 17.9 Å². The Balaban J connectivity index is 2.54. The van der Waals surface area contributed by atoms with E-state index < -0.39 is 9.84 Å². The summed E-state index contributed by atoms with van der Waals surface area (Å²) < 4.78 is 29.2. The van der Waals surface area contributed by atoms with Crippen molar-refractivity contribution in [2.45, 2.75) is 11.3 Å². The largest absolute Gasteiger partial charge is 0.409 e. The zero-order valence-corrected chi connectivity index (χ0v) is 13.5. The quantitative estimate of drug-likeness (QED) is 0.232. The molecular weight excluding hydrogens is 312 g/mol. The topological polar surface area (TPSA) is 102 Å². The highest BCUT2D eigenvalue weighted by atomic mass is 32.2. The van der Waals surface area contributed by atoms with Gasteiger partial charge in [-0.15, -0.1) is 0 Å². The van der Waals surface area contributed by atoms with Gasteiger partial charge in [-0.05, 0) is 36.4 Å². The zero-order chi connectivity index (χ0) is 15.7. The second-order valence-corrected chi connectivity index (χ2v) is 7.62. The maximum atomic E-state index is 12.1. The molecule has 0 unspecified atom stereocenters. The van der Waals surface area contributed by atoms with Crippen molar-refractivity contribution >= 4 is 27.4 Å². The van der Waals surface area contributed by atoms with Crippen LogP contribution in [0, 0.1) is 0 Å². The highest BCUT2D eigenvalue weighted by Crippen LogP contribution is 2.14. The Kier molecular flexibility index (Phi) is 7.55. The molecule has 1 aromatic rings. The molecule has 0 saturated heterocycles. The molecule has 0 saturated carbocycles. The molecule has 0 spiro atoms. The van der Waals surface area contributed by atoms with Gasteiger partial charge in [0.15, 0.2) is 15.7 Å². The summed E-state index contributed by atoms with van der Waals surface area (Å²) in [7, 11) is -1.65. The molecule has 21 heavy (non-hydrogen) atoms. The molecule has 0 aliphatic carbocycles. The van der Waals surface area contributed by atoms with Crippen molar-refractivity contribution in [1.82, 2.24) is 0 Å². The summed E-state index contributed by atoms with van der Waals surface area (Å²) in [5, 5.41) is 11.4. The lowest BCUT2D eigenvalue weighted by atomic mass is 10.2. The van der Waals surface area contributed by atoms with Crippen LogP contribution in [0.2, 0.25) is 0 Å². The Morgan fingerprint density at radius 1 is 1.33 bits per heavy atom. The second kappa shape index (κ2) is 8.91. The number of amidine groups is 1. The Labute approximate surface area is 129 Å². The summed E-state index contributed by atoms with van der Waals surface area (Å²) in [6.45, 7) is 0.690. The number of nitrogens with zero attached hydrogens (tertiary/aromatic N) is 1. The monoisotopic (exact) mass is 332 g/mol. The fourth-order valence-corrected chi connectivity index (χ4v) is 4.25. The maximum Gasteiger partial charge on any atom is 0.179 e. The van der Waals surface area contributed by atoms with Gasteiger partial charge in [0.25, 0.3) is 0 Å². The van der Waals surface area contributed by atoms with Crippen molar-refractivity contribution in [3.8, 4) is 0 Å². The molecule has 0 fully saturated rings. The van der Waals surface area contributed by atoms with Crippen molar-refractivity contribution in [2.24, 2.45) is 10.9 Å². The first-order valence-electron chi connectivity index (χ1n) is 6.38. The number of methoxy groups -OCH3 is 1. The van der Waals surface area contributed by atoms with Gasteiger partial charge in [-0.1, -0.05) is 5.16 Å². The van der Waals surface area contributed by atoms with Gasteiger partial charge in [-0.2, -0.15) is 11.8 Å². The number of hydrogen-bond donors (Lipinski definition) is 2. The van der Waals surface area contributed by atoms with Crippen LogP contribution in [0.5, 0.6) is 0 Å². The molecule has 0 aliphatic heterocycles. The average molecular weight is 332 g/mol. The molecule has 0 radical (unpaired) electrons. The van der Waals surface area contributed by atoms with Crippen LogP contribution in [0.15, 0.2) is 34.3 Å². The smallest absolute Gasteiger partial charge is 0.179 e. The predicted molar refractivity (Wildman–Crippen MR) is 84.8 cm³/mol. The van der Waals surface area contributed by atoms with E-state index in [9.17, 15) is 8.42 Å². The fraction of sp³-hybridized carbons (Fsp3) is 0.462. The van der Waals surface area contributed by atoms with E-state index in [1.165, 1.54) is 24.3 Å². The summed E-state index contributed by atoms with van der Waals surface area (Å²) in [5.74, 6) is 1.47. The van der Waals surface area contributed by atoms with Gasteiger partial charge < -0.3 is 15.7 Å². The number of benzene rings is 1. The van der Waals surface area contributed by atoms with E-state index in [1.54, 1.807) is 18.9 Å². The van der Waals surface area contributed by atoms with Crippen LogP contribution in [0.3, 0.4) is 0 Å². The van der Waals surface area contributed by atoms with Crippen LogP contribution in [0.4, 0.5) is 0 Å². The third-order valence-electron chi connectivity index (χ3n) is 2.75. The van der Waals surface area contributed by atoms with Crippen molar-refractivity contribution in [3.05, 3.63) is 29.8 Å². The number of rotatable bonds is 9. The van der Waals surface area contributed by atoms with E-state index in [1.807, 2.05) is 0 Å². The molecule has 0 aromatic heterocycles. The molecule has 0 amide bonds. The van der Waals surface area contributed by atoms with Crippen LogP contribution in [-0.2, 0) is 14.6 Å². The summed E-state index contributed by atoms with van der Waals surface area (Å²) >= 11 is 1.60. The highest BCUT2D eigenvalue weighted by molar-refractivity contribution is 8.00. The van der Waals surface area contributed by atoms with E-state index in [0.717, 1.165) is 12.2 Å². The molecule has 8 heteroatoms. The van der Waals surface area contributed by atoms with Crippen molar-refractivity contribution in [1.29, 1.82) is 0 Å². The third kappa shape index (κ3) is 5.94. The molecule has 0 atom stereocenters. The van der Waals surface area contributed by atoms with Crippen LogP contribution >= 0.6 is 11.8 Å². The Morgan fingerprint density at radius 3 is 2.57 bits per heavy atom. The lowest BCUT2D eigenvalue weighted by Gasteiger charge is -2.06. The summed E-state index contributed by atoms with van der Waals surface area (Å²) in [6.07, 6.45) is 0.912. The van der Waals surface area contributed by atoms with E-state index >= 15 is 0 Å². The highest BCUT2D eigenvalue weighted by Gasteiger charge is 2.14. The lowest BCUT2D eigenvalue weighted by molar-refractivity contribution is 0.200. The first-order chi connectivity index (χ1) is 10.0. The van der Waals surface area contributed by atoms with E-state index in [4.69, 9.17) is 15.7 Å². The normalized spacial score (nSPS) is 12.5. The molecule has 0 heterocycles. The number of nitrogens with two attached hydrogens (primary N) is 1. The van der Waals surface area contributed by atoms with Gasteiger partial charge in [-0.25, -0.2) is 8.42 Å². The first kappa shape index (κ1) is 17.8. The first-order valence-corrected chi connectivity index (χ1v) is 9.19. The molecular formula is C13H20N2O4S2. The number of sulfone groups is 1. The Morgan fingerprint density at radius 2 is 2.00 bits per heavy atom. The standard InChI is InChI=1S/C13H20N2O4S2/c1-19-7-2-8-20-9-10-21(17,18)12-5-3-11(4-6-12)13(14)15-16/h3-6,16H,2,7-10H2,1H3,(H2,14,15). The van der Waals surface area contributed by atoms with Gasteiger partial charge in [0, 0.05) is 25.0 Å². The summed E-state index contributed by atoms with van der Waals surface area (Å²) in [6, 6.07) is 5.98. The van der Waals surface area contributed by atoms with Crippen LogP contribution in [0.25, 0.3) is 0 Å². The second-order valence-electron chi connectivity index (χ2n) is 4.29. The Bertz CT molecular complexity index is 556. The van der Waals surface area contributed by atoms with Crippen LogP contribution in [0.1, 0.15) is 12.0 Å². The Hall–Kier alpha value is -1.25. The van der Waals surface area contributed by atoms with Gasteiger partial charge in [-0.3, -0.25) is 0 Å². The molecule has 1 rings (SSSR count). The summed E-state index contributed by atoms with van der Waals surface area (Å²) in [4.78, 5) is 0.245. The number of thioether (sulfide) groups is 1. The van der Waals surface area contributed by atoms with Gasteiger partial charge in [0.05, 0.1) is 10.6 Å². The molecule has 0 aliphatic rings. The van der Waals surface area contributed by atoms with Crippen LogP contribution < -0.4 is 5.73 Å². The average Bonchev–Trinajstić information content (AvgIpc) is 2.50. The molecule has 3 N–H and O–H groups in total. The zero-order valence-electron chi connectivity index (χ0n) is 11.9. The number of hydrogen-bond acceptors (Lipinski definition) is 6. The maximum absolute atomic E-state index is 12.1. The lowest BCUT2D eigenvalue weighted by Crippen LogP contribution is -2.14. The van der Waals surface area contributed by atoms with Crippen molar-refractivity contribution < 1.29 is 18.4 Å². The van der Waals surface area contributed by atoms with Crippen molar-refractivity contribution in [3.63, 3.8) is 0 Å². The third-order valence-corrected chi connectivity index (χ3v) is 5.81. The van der Waals surface area contributed by atoms with E-state index in [2.05, 4.69) is 5.16 Å². The van der Waals surface area contributed by atoms with Gasteiger partial charge in [0.2, 0.25) is 0 Å². The molecule has 1 aromatic carbocycles. The molecule has 6 nitrogen and oxygen atoms in total. The van der Waals surface area contributed by atoms with Crippen LogP contribution in [-0.4, -0.2) is 50.4 Å². The number of oxime groups is 1. The SMILES string of the molecule is COCCCSCCS(=O)(=O)c1ccc(/C(N)=N/O)cc1. The van der Waals surface area contributed by atoms with Crippen molar-refractivity contribution in [2.75, 3.05) is 31.0 Å². The summed E-state index contributed by atoms with van der Waals surface area (Å²) in [5.41, 5.74) is 5.91. The molecule has 118 valence electrons. The minimum atomic E-state index is -3.30. The minimum Gasteiger partial charge on any atom is -0.409 e.